The van der Waals surface area contributed by atoms with Crippen molar-refractivity contribution in [2.24, 2.45) is 17.8 Å². The number of benzene rings is 1. The predicted octanol–water partition coefficient (Wildman–Crippen LogP) is 8.65. The topological polar surface area (TPSA) is 43.4 Å². The molecule has 0 spiro atoms. The van der Waals surface area contributed by atoms with E-state index in [-0.39, 0.29) is 17.7 Å². The van der Waals surface area contributed by atoms with Gasteiger partial charge in [-0.25, -0.2) is 0 Å². The fourth-order valence-electron chi connectivity index (χ4n) is 6.22. The number of unbranched alkanes of at least 4 members (excludes halogenated alkanes) is 3. The van der Waals surface area contributed by atoms with Gasteiger partial charge in [0.2, 0.25) is 5.78 Å². The Hall–Kier alpha value is -1.64. The van der Waals surface area contributed by atoms with Crippen LogP contribution in [0.15, 0.2) is 24.3 Å². The molecule has 190 valence electrons. The van der Waals surface area contributed by atoms with Crippen molar-refractivity contribution in [3.63, 3.8) is 0 Å². The van der Waals surface area contributed by atoms with Crippen molar-refractivity contribution in [1.29, 1.82) is 0 Å². The van der Waals surface area contributed by atoms with E-state index in [1.807, 2.05) is 12.1 Å². The van der Waals surface area contributed by atoms with E-state index in [0.717, 1.165) is 37.5 Å². The average molecular weight is 469 g/mol. The average Bonchev–Trinajstić information content (AvgIpc) is 2.87. The Morgan fingerprint density at radius 1 is 0.794 bits per heavy atom. The summed E-state index contributed by atoms with van der Waals surface area (Å²) in [5.74, 6) is 1.99. The van der Waals surface area contributed by atoms with Crippen LogP contribution in [0.3, 0.4) is 0 Å². The third-order valence-electron chi connectivity index (χ3n) is 8.52. The van der Waals surface area contributed by atoms with Crippen LogP contribution in [0.25, 0.3) is 0 Å². The highest BCUT2D eigenvalue weighted by atomic mass is 16.5. The number of hydrogen-bond donors (Lipinski definition) is 0. The number of ketones is 1. The van der Waals surface area contributed by atoms with Gasteiger partial charge < -0.3 is 4.74 Å². The fourth-order valence-corrected chi connectivity index (χ4v) is 6.22. The van der Waals surface area contributed by atoms with Crippen molar-refractivity contribution < 1.29 is 14.3 Å². The maximum atomic E-state index is 12.9. The Labute approximate surface area is 208 Å². The number of Topliss-reactive ketones (excluding diaryl/α,β-unsaturated/α-hetero) is 1. The molecule has 2 fully saturated rings. The van der Waals surface area contributed by atoms with E-state index in [2.05, 4.69) is 26.0 Å². The monoisotopic (exact) mass is 468 g/mol. The second-order valence-corrected chi connectivity index (χ2v) is 11.1. The minimum atomic E-state index is -0.713. The Bertz CT molecular complexity index is 736. The van der Waals surface area contributed by atoms with Crippen molar-refractivity contribution in [3.8, 4) is 0 Å². The third-order valence-corrected chi connectivity index (χ3v) is 8.52. The molecule has 0 saturated heterocycles. The van der Waals surface area contributed by atoms with Crippen LogP contribution in [0.4, 0.5) is 0 Å². The number of ether oxygens (including phenoxy) is 1. The van der Waals surface area contributed by atoms with Gasteiger partial charge in [0.05, 0.1) is 5.92 Å². The molecule has 1 unspecified atom stereocenters. The Morgan fingerprint density at radius 2 is 1.41 bits per heavy atom. The zero-order chi connectivity index (χ0) is 24.3. The first-order valence-electron chi connectivity index (χ1n) is 14.4. The lowest BCUT2D eigenvalue weighted by Gasteiger charge is -2.29. The smallest absolute Gasteiger partial charge is 0.309 e. The SMILES string of the molecule is CCCCCCC1CCC(C(=O)OC(C)C(=O)c2ccc(C3CCC(CCC)CC3)cc2)CC1. The van der Waals surface area contributed by atoms with Crippen LogP contribution in [0, 0.1) is 17.8 Å². The molecule has 0 heterocycles. The van der Waals surface area contributed by atoms with Crippen LogP contribution in [-0.2, 0) is 9.53 Å². The van der Waals surface area contributed by atoms with E-state index in [1.54, 1.807) is 6.92 Å². The first kappa shape index (κ1) is 27.0. The second kappa shape index (κ2) is 14.0. The van der Waals surface area contributed by atoms with Crippen molar-refractivity contribution in [2.45, 2.75) is 129 Å². The van der Waals surface area contributed by atoms with Crippen LogP contribution < -0.4 is 0 Å². The first-order chi connectivity index (χ1) is 16.5. The van der Waals surface area contributed by atoms with Crippen LogP contribution in [0.1, 0.15) is 139 Å². The van der Waals surface area contributed by atoms with E-state index < -0.39 is 6.10 Å². The van der Waals surface area contributed by atoms with Crippen molar-refractivity contribution in [2.75, 3.05) is 0 Å². The molecule has 3 heteroatoms. The fraction of sp³-hybridized carbons (Fsp3) is 0.742. The summed E-state index contributed by atoms with van der Waals surface area (Å²) in [6.45, 7) is 6.25. The van der Waals surface area contributed by atoms with Gasteiger partial charge in [0.15, 0.2) is 6.10 Å². The maximum absolute atomic E-state index is 12.9. The molecule has 1 aromatic carbocycles. The molecule has 3 rings (SSSR count). The molecule has 3 nitrogen and oxygen atoms in total. The predicted molar refractivity (Wildman–Crippen MR) is 140 cm³/mol. The molecular weight excluding hydrogens is 420 g/mol. The summed E-state index contributed by atoms with van der Waals surface area (Å²) >= 11 is 0. The van der Waals surface area contributed by atoms with Gasteiger partial charge in [0.1, 0.15) is 0 Å². The standard InChI is InChI=1S/C31H48O3/c1-4-6-7-8-10-25-13-17-29(18-14-25)31(33)34-23(3)30(32)28-21-19-27(20-22-28)26-15-11-24(9-5-2)12-16-26/h19-26,29H,4-18H2,1-3H3. The molecule has 2 saturated carbocycles. The lowest BCUT2D eigenvalue weighted by Crippen LogP contribution is -2.30. The first-order valence-corrected chi connectivity index (χ1v) is 14.4. The summed E-state index contributed by atoms with van der Waals surface area (Å²) in [6, 6.07) is 8.11. The third kappa shape index (κ3) is 7.95. The Kier molecular flexibility index (Phi) is 11.1. The zero-order valence-electron chi connectivity index (χ0n) is 22.0. The molecular formula is C31H48O3. The molecule has 0 radical (unpaired) electrons. The van der Waals surface area contributed by atoms with Crippen molar-refractivity contribution in [1.82, 2.24) is 0 Å². The second-order valence-electron chi connectivity index (χ2n) is 11.1. The molecule has 34 heavy (non-hydrogen) atoms. The van der Waals surface area contributed by atoms with Crippen LogP contribution in [-0.4, -0.2) is 17.9 Å². The summed E-state index contributed by atoms with van der Waals surface area (Å²) < 4.78 is 5.65. The van der Waals surface area contributed by atoms with E-state index >= 15 is 0 Å². The van der Waals surface area contributed by atoms with Crippen LogP contribution in [0.2, 0.25) is 0 Å². The highest BCUT2D eigenvalue weighted by Gasteiger charge is 2.30. The summed E-state index contributed by atoms with van der Waals surface area (Å²) in [6.07, 6.45) is 17.7. The van der Waals surface area contributed by atoms with Crippen LogP contribution in [0.5, 0.6) is 0 Å². The number of esters is 1. The number of carbonyl (C=O) groups excluding carboxylic acids is 2. The summed E-state index contributed by atoms with van der Waals surface area (Å²) in [4.78, 5) is 25.6. The van der Waals surface area contributed by atoms with Gasteiger partial charge in [0.25, 0.3) is 0 Å². The van der Waals surface area contributed by atoms with Crippen LogP contribution >= 0.6 is 0 Å². The highest BCUT2D eigenvalue weighted by molar-refractivity contribution is 6.00. The van der Waals surface area contributed by atoms with Gasteiger partial charge in [0, 0.05) is 5.56 Å². The van der Waals surface area contributed by atoms with Gasteiger partial charge in [-0.3, -0.25) is 9.59 Å². The van der Waals surface area contributed by atoms with Gasteiger partial charge >= 0.3 is 5.97 Å². The maximum Gasteiger partial charge on any atom is 0.309 e. The summed E-state index contributed by atoms with van der Waals surface area (Å²) in [7, 11) is 0. The molecule has 0 bridgehead atoms. The summed E-state index contributed by atoms with van der Waals surface area (Å²) in [5, 5.41) is 0. The van der Waals surface area contributed by atoms with E-state index in [9.17, 15) is 9.59 Å². The van der Waals surface area contributed by atoms with E-state index in [4.69, 9.17) is 4.74 Å². The molecule has 0 N–H and O–H groups in total. The van der Waals surface area contributed by atoms with Crippen molar-refractivity contribution >= 4 is 11.8 Å². The van der Waals surface area contributed by atoms with Gasteiger partial charge in [-0.15, -0.1) is 0 Å². The number of hydrogen-bond acceptors (Lipinski definition) is 3. The van der Waals surface area contributed by atoms with Crippen molar-refractivity contribution in [3.05, 3.63) is 35.4 Å². The van der Waals surface area contributed by atoms with Gasteiger partial charge in [-0.05, 0) is 81.6 Å². The largest absolute Gasteiger partial charge is 0.454 e. The lowest BCUT2D eigenvalue weighted by molar-refractivity contribution is -0.152. The van der Waals surface area contributed by atoms with Gasteiger partial charge in [-0.2, -0.15) is 0 Å². The van der Waals surface area contributed by atoms with E-state index in [0.29, 0.717) is 11.5 Å². The number of rotatable bonds is 12. The normalized spacial score (nSPS) is 26.1. The summed E-state index contributed by atoms with van der Waals surface area (Å²) in [5.41, 5.74) is 2.00. The molecule has 2 aliphatic rings. The minimum absolute atomic E-state index is 0.0349. The minimum Gasteiger partial charge on any atom is -0.454 e. The number of carbonyl (C=O) groups is 2. The molecule has 0 aliphatic heterocycles. The highest BCUT2D eigenvalue weighted by Crippen LogP contribution is 2.37. The molecule has 1 aromatic rings. The molecule has 0 amide bonds. The molecule has 0 aromatic heterocycles. The Balaban J connectivity index is 1.41. The molecule has 1 atom stereocenters. The Morgan fingerprint density at radius 3 is 2.03 bits per heavy atom. The van der Waals surface area contributed by atoms with Gasteiger partial charge in [-0.1, -0.05) is 83.1 Å². The van der Waals surface area contributed by atoms with E-state index in [1.165, 1.54) is 76.2 Å². The quantitative estimate of drug-likeness (QED) is 0.175. The molecule has 2 aliphatic carbocycles. The lowest BCUT2D eigenvalue weighted by atomic mass is 9.77. The zero-order valence-corrected chi connectivity index (χ0v) is 22.0.